The van der Waals surface area contributed by atoms with Gasteiger partial charge in [-0.1, -0.05) is 18.2 Å². The van der Waals surface area contributed by atoms with Crippen molar-refractivity contribution in [3.63, 3.8) is 0 Å². The topological polar surface area (TPSA) is 52.2 Å². The smallest absolute Gasteiger partial charge is 0.223 e. The number of thiophene rings is 1. The second-order valence-corrected chi connectivity index (χ2v) is 7.47. The molecule has 0 atom stereocenters. The number of imidazole rings is 1. The molecule has 1 aliphatic heterocycles. The Hall–Kier alpha value is -2.18. The molecule has 1 fully saturated rings. The van der Waals surface area contributed by atoms with Crippen LogP contribution in [-0.4, -0.2) is 51.9 Å². The number of fused-ring (bicyclic) bond motifs is 1. The van der Waals surface area contributed by atoms with E-state index in [-0.39, 0.29) is 5.91 Å². The predicted molar refractivity (Wildman–Crippen MR) is 101 cm³/mol. The summed E-state index contributed by atoms with van der Waals surface area (Å²) in [6.07, 6.45) is 1.19. The van der Waals surface area contributed by atoms with Crippen molar-refractivity contribution in [2.45, 2.75) is 19.4 Å². The molecule has 2 aromatic heterocycles. The summed E-state index contributed by atoms with van der Waals surface area (Å²) in [5.41, 5.74) is 2.00. The van der Waals surface area contributed by atoms with Crippen LogP contribution >= 0.6 is 11.3 Å². The van der Waals surface area contributed by atoms with Crippen molar-refractivity contribution in [2.24, 2.45) is 0 Å². The molecule has 1 saturated heterocycles. The first-order valence-electron chi connectivity index (χ1n) is 8.74. The molecule has 1 amide bonds. The van der Waals surface area contributed by atoms with Gasteiger partial charge in [0.1, 0.15) is 5.82 Å². The summed E-state index contributed by atoms with van der Waals surface area (Å²) in [6.45, 7) is 4.55. The fourth-order valence-electron chi connectivity index (χ4n) is 3.29. The van der Waals surface area contributed by atoms with Crippen molar-refractivity contribution in [3.05, 3.63) is 52.5 Å². The number of hydrogen-bond acceptors (Lipinski definition) is 4. The fraction of sp³-hybridized carbons (Fsp3) is 0.368. The Morgan fingerprint density at radius 2 is 1.96 bits per heavy atom. The van der Waals surface area contributed by atoms with E-state index in [1.807, 2.05) is 29.2 Å². The van der Waals surface area contributed by atoms with Crippen LogP contribution in [0.3, 0.4) is 0 Å². The Labute approximate surface area is 151 Å². The van der Waals surface area contributed by atoms with E-state index in [4.69, 9.17) is 0 Å². The second kappa shape index (κ2) is 7.37. The van der Waals surface area contributed by atoms with Crippen LogP contribution in [0.5, 0.6) is 0 Å². The normalized spacial score (nSPS) is 15.8. The number of amides is 1. The molecule has 130 valence electrons. The van der Waals surface area contributed by atoms with Gasteiger partial charge in [-0.15, -0.1) is 11.3 Å². The van der Waals surface area contributed by atoms with Crippen molar-refractivity contribution in [3.8, 4) is 0 Å². The third-order valence-electron chi connectivity index (χ3n) is 4.70. The molecule has 3 aromatic rings. The summed E-state index contributed by atoms with van der Waals surface area (Å²) >= 11 is 1.80. The van der Waals surface area contributed by atoms with Crippen molar-refractivity contribution >= 4 is 28.3 Å². The summed E-state index contributed by atoms with van der Waals surface area (Å²) in [4.78, 5) is 26.1. The van der Waals surface area contributed by atoms with Crippen molar-refractivity contribution in [2.75, 3.05) is 26.2 Å². The number of piperazine rings is 1. The van der Waals surface area contributed by atoms with Gasteiger partial charge in [0, 0.05) is 50.4 Å². The lowest BCUT2D eigenvalue weighted by Gasteiger charge is -2.34. The first kappa shape index (κ1) is 16.3. The summed E-state index contributed by atoms with van der Waals surface area (Å²) in [7, 11) is 0. The highest BCUT2D eigenvalue weighted by molar-refractivity contribution is 7.09. The van der Waals surface area contributed by atoms with E-state index in [1.165, 1.54) is 4.88 Å². The van der Waals surface area contributed by atoms with Crippen molar-refractivity contribution in [1.82, 2.24) is 19.8 Å². The Morgan fingerprint density at radius 3 is 2.72 bits per heavy atom. The first-order chi connectivity index (χ1) is 12.3. The molecule has 25 heavy (non-hydrogen) atoms. The van der Waals surface area contributed by atoms with Crippen LogP contribution in [0.2, 0.25) is 0 Å². The number of aryl methyl sites for hydroxylation is 1. The second-order valence-electron chi connectivity index (χ2n) is 6.44. The molecule has 0 radical (unpaired) electrons. The molecular weight excluding hydrogens is 332 g/mol. The van der Waals surface area contributed by atoms with Crippen LogP contribution in [-0.2, 0) is 17.8 Å². The predicted octanol–water partition coefficient (Wildman–Crippen LogP) is 2.90. The number of nitrogens with one attached hydrogen (secondary N) is 1. The molecule has 6 heteroatoms. The molecule has 0 aliphatic carbocycles. The quantitative estimate of drug-likeness (QED) is 0.766. The van der Waals surface area contributed by atoms with Crippen molar-refractivity contribution < 1.29 is 4.79 Å². The summed E-state index contributed by atoms with van der Waals surface area (Å²) in [6, 6.07) is 12.2. The molecule has 0 spiro atoms. The summed E-state index contributed by atoms with van der Waals surface area (Å²) in [5, 5.41) is 2.12. The van der Waals surface area contributed by atoms with Gasteiger partial charge in [-0.25, -0.2) is 4.98 Å². The van der Waals surface area contributed by atoms with Gasteiger partial charge in [-0.05, 0) is 23.6 Å². The van der Waals surface area contributed by atoms with Gasteiger partial charge in [0.25, 0.3) is 0 Å². The summed E-state index contributed by atoms with van der Waals surface area (Å²) in [5.74, 6) is 1.13. The molecule has 3 heterocycles. The van der Waals surface area contributed by atoms with Gasteiger partial charge >= 0.3 is 0 Å². The SMILES string of the molecule is O=C(CCc1nc2ccccc2[nH]1)N1CCN(Cc2cccs2)CC1. The molecular formula is C19H22N4OS. The Kier molecular flexibility index (Phi) is 4.81. The van der Waals surface area contributed by atoms with Gasteiger partial charge < -0.3 is 9.88 Å². The molecule has 1 aliphatic rings. The number of aromatic amines is 1. The van der Waals surface area contributed by atoms with Gasteiger partial charge in [-0.3, -0.25) is 9.69 Å². The lowest BCUT2D eigenvalue weighted by molar-refractivity contribution is -0.133. The largest absolute Gasteiger partial charge is 0.342 e. The molecule has 5 nitrogen and oxygen atoms in total. The highest BCUT2D eigenvalue weighted by Crippen LogP contribution is 2.15. The minimum Gasteiger partial charge on any atom is -0.342 e. The maximum Gasteiger partial charge on any atom is 0.223 e. The zero-order valence-electron chi connectivity index (χ0n) is 14.1. The van der Waals surface area contributed by atoms with E-state index < -0.39 is 0 Å². The Morgan fingerprint density at radius 1 is 1.12 bits per heavy atom. The number of benzene rings is 1. The van der Waals surface area contributed by atoms with Gasteiger partial charge in [0.2, 0.25) is 5.91 Å². The van der Waals surface area contributed by atoms with Crippen LogP contribution in [0.4, 0.5) is 0 Å². The lowest BCUT2D eigenvalue weighted by atomic mass is 10.2. The molecule has 0 bridgehead atoms. The highest BCUT2D eigenvalue weighted by Gasteiger charge is 2.21. The Balaban J connectivity index is 1.26. The fourth-order valence-corrected chi connectivity index (χ4v) is 4.03. The monoisotopic (exact) mass is 354 g/mol. The van der Waals surface area contributed by atoms with Crippen LogP contribution in [0.1, 0.15) is 17.1 Å². The van der Waals surface area contributed by atoms with Crippen LogP contribution in [0, 0.1) is 0 Å². The molecule has 4 rings (SSSR count). The van der Waals surface area contributed by atoms with E-state index >= 15 is 0 Å². The average Bonchev–Trinajstić information content (AvgIpc) is 3.29. The van der Waals surface area contributed by atoms with E-state index in [2.05, 4.69) is 32.4 Å². The maximum atomic E-state index is 12.5. The van der Waals surface area contributed by atoms with Crippen LogP contribution in [0.25, 0.3) is 11.0 Å². The number of rotatable bonds is 5. The van der Waals surface area contributed by atoms with Gasteiger partial charge in [0.15, 0.2) is 0 Å². The molecule has 0 saturated carbocycles. The lowest BCUT2D eigenvalue weighted by Crippen LogP contribution is -2.48. The minimum absolute atomic E-state index is 0.233. The van der Waals surface area contributed by atoms with Gasteiger partial charge in [-0.2, -0.15) is 0 Å². The van der Waals surface area contributed by atoms with E-state index in [9.17, 15) is 4.79 Å². The highest BCUT2D eigenvalue weighted by atomic mass is 32.1. The Bertz CT molecular complexity index is 801. The number of hydrogen-bond donors (Lipinski definition) is 1. The summed E-state index contributed by atoms with van der Waals surface area (Å²) < 4.78 is 0. The van der Waals surface area contributed by atoms with E-state index in [1.54, 1.807) is 11.3 Å². The number of carbonyl (C=O) groups excluding carboxylic acids is 1. The molecule has 1 N–H and O–H groups in total. The zero-order chi connectivity index (χ0) is 17.1. The standard InChI is InChI=1S/C19H22N4OS/c24-19(8-7-18-20-16-5-1-2-6-17(16)21-18)23-11-9-22(10-12-23)14-15-4-3-13-25-15/h1-6,13H,7-12,14H2,(H,20,21). The molecule has 0 unspecified atom stereocenters. The minimum atomic E-state index is 0.233. The van der Waals surface area contributed by atoms with Crippen LogP contribution < -0.4 is 0 Å². The van der Waals surface area contributed by atoms with E-state index in [0.29, 0.717) is 12.8 Å². The van der Waals surface area contributed by atoms with Gasteiger partial charge in [0.05, 0.1) is 11.0 Å². The van der Waals surface area contributed by atoms with Crippen LogP contribution in [0.15, 0.2) is 41.8 Å². The average molecular weight is 354 g/mol. The number of carbonyl (C=O) groups is 1. The third-order valence-corrected chi connectivity index (χ3v) is 5.56. The third kappa shape index (κ3) is 3.91. The maximum absolute atomic E-state index is 12.5. The number of para-hydroxylation sites is 2. The van der Waals surface area contributed by atoms with E-state index in [0.717, 1.165) is 49.6 Å². The first-order valence-corrected chi connectivity index (χ1v) is 9.62. The van der Waals surface area contributed by atoms with Crippen molar-refractivity contribution in [1.29, 1.82) is 0 Å². The number of nitrogens with zero attached hydrogens (tertiary/aromatic N) is 3. The number of H-pyrrole nitrogens is 1. The zero-order valence-corrected chi connectivity index (χ0v) is 15.0. The number of aromatic nitrogens is 2. The molecule has 1 aromatic carbocycles.